The van der Waals surface area contributed by atoms with Gasteiger partial charge in [-0.05, 0) is 49.8 Å². The summed E-state index contributed by atoms with van der Waals surface area (Å²) in [7, 11) is 0. The van der Waals surface area contributed by atoms with Crippen molar-refractivity contribution in [1.82, 2.24) is 4.98 Å². The number of hydrogen-bond donors (Lipinski definition) is 1. The molecule has 88 valence electrons. The Morgan fingerprint density at radius 2 is 2.00 bits per heavy atom. The summed E-state index contributed by atoms with van der Waals surface area (Å²) in [6.07, 6.45) is 4.17. The lowest BCUT2D eigenvalue weighted by Gasteiger charge is -2.19. The molecule has 3 heteroatoms. The average Bonchev–Trinajstić information content (AvgIpc) is 2.34. The van der Waals surface area contributed by atoms with E-state index in [1.165, 1.54) is 6.07 Å². The number of nitrogens with two attached hydrogens (primary N) is 1. The highest BCUT2D eigenvalue weighted by Gasteiger charge is 2.19. The zero-order valence-electron chi connectivity index (χ0n) is 9.89. The summed E-state index contributed by atoms with van der Waals surface area (Å²) in [6, 6.07) is 3.24. The number of aromatic nitrogens is 1. The standard InChI is InChI=1S/C14H15FN2/c1-8-6-7-10(15)12-13(16)9-4-2-3-5-11(9)17-14(8)12/h6-7H,2-5H2,1H3,(H2,16,17). The third kappa shape index (κ3) is 1.49. The van der Waals surface area contributed by atoms with E-state index in [1.807, 2.05) is 6.92 Å². The molecule has 0 saturated carbocycles. The van der Waals surface area contributed by atoms with Crippen LogP contribution in [0.15, 0.2) is 12.1 Å². The Kier molecular flexibility index (Phi) is 2.28. The second kappa shape index (κ2) is 3.69. The van der Waals surface area contributed by atoms with Crippen molar-refractivity contribution >= 4 is 16.6 Å². The summed E-state index contributed by atoms with van der Waals surface area (Å²) in [5.41, 5.74) is 10.6. The Morgan fingerprint density at radius 1 is 1.24 bits per heavy atom. The van der Waals surface area contributed by atoms with Gasteiger partial charge in [0.2, 0.25) is 0 Å². The first kappa shape index (κ1) is 10.5. The maximum Gasteiger partial charge on any atom is 0.134 e. The molecule has 0 saturated heterocycles. The Bertz CT molecular complexity index is 605. The van der Waals surface area contributed by atoms with E-state index in [0.29, 0.717) is 11.1 Å². The van der Waals surface area contributed by atoms with Gasteiger partial charge in [0, 0.05) is 11.4 Å². The fourth-order valence-electron chi connectivity index (χ4n) is 2.66. The third-order valence-corrected chi connectivity index (χ3v) is 3.61. The predicted octanol–water partition coefficient (Wildman–Crippen LogP) is 3.14. The molecule has 17 heavy (non-hydrogen) atoms. The highest BCUT2D eigenvalue weighted by molar-refractivity contribution is 5.94. The smallest absolute Gasteiger partial charge is 0.134 e. The van der Waals surface area contributed by atoms with Crippen molar-refractivity contribution < 1.29 is 4.39 Å². The van der Waals surface area contributed by atoms with Crippen LogP contribution in [0.3, 0.4) is 0 Å². The van der Waals surface area contributed by atoms with Crippen LogP contribution < -0.4 is 5.73 Å². The van der Waals surface area contributed by atoms with Gasteiger partial charge in [0.25, 0.3) is 0 Å². The van der Waals surface area contributed by atoms with E-state index in [4.69, 9.17) is 5.73 Å². The van der Waals surface area contributed by atoms with E-state index < -0.39 is 0 Å². The van der Waals surface area contributed by atoms with Crippen LogP contribution >= 0.6 is 0 Å². The molecule has 0 unspecified atom stereocenters. The normalized spacial score (nSPS) is 14.9. The number of aryl methyl sites for hydroxylation is 2. The number of anilines is 1. The molecule has 0 fully saturated rings. The van der Waals surface area contributed by atoms with Gasteiger partial charge >= 0.3 is 0 Å². The van der Waals surface area contributed by atoms with Crippen molar-refractivity contribution in [3.05, 3.63) is 34.8 Å². The quantitative estimate of drug-likeness (QED) is 0.755. The molecule has 2 nitrogen and oxygen atoms in total. The van der Waals surface area contributed by atoms with Crippen molar-refractivity contribution in [2.75, 3.05) is 5.73 Å². The zero-order valence-corrected chi connectivity index (χ0v) is 9.89. The number of fused-ring (bicyclic) bond motifs is 2. The molecule has 1 heterocycles. The molecular weight excluding hydrogens is 215 g/mol. The van der Waals surface area contributed by atoms with E-state index in [0.717, 1.165) is 48.0 Å². The van der Waals surface area contributed by atoms with Gasteiger partial charge < -0.3 is 5.73 Å². The van der Waals surface area contributed by atoms with Crippen LogP contribution in [0.2, 0.25) is 0 Å². The first-order valence-electron chi connectivity index (χ1n) is 6.04. The summed E-state index contributed by atoms with van der Waals surface area (Å²) >= 11 is 0. The SMILES string of the molecule is Cc1ccc(F)c2c(N)c3c(nc12)CCCC3. The predicted molar refractivity (Wildman–Crippen MR) is 67.5 cm³/mol. The minimum absolute atomic E-state index is 0.260. The third-order valence-electron chi connectivity index (χ3n) is 3.61. The molecule has 1 aromatic heterocycles. The van der Waals surface area contributed by atoms with Gasteiger partial charge in [-0.25, -0.2) is 4.39 Å². The molecule has 3 rings (SSSR count). The second-order valence-electron chi connectivity index (χ2n) is 4.75. The minimum Gasteiger partial charge on any atom is -0.398 e. The average molecular weight is 230 g/mol. The molecule has 0 amide bonds. The van der Waals surface area contributed by atoms with Crippen LogP contribution in [0.1, 0.15) is 29.7 Å². The molecule has 0 aliphatic heterocycles. The van der Waals surface area contributed by atoms with Crippen molar-refractivity contribution in [3.63, 3.8) is 0 Å². The van der Waals surface area contributed by atoms with Crippen molar-refractivity contribution in [3.8, 4) is 0 Å². The lowest BCUT2D eigenvalue weighted by Crippen LogP contribution is -2.10. The Labute approximate surface area is 99.7 Å². The molecule has 2 N–H and O–H groups in total. The highest BCUT2D eigenvalue weighted by Crippen LogP contribution is 2.33. The van der Waals surface area contributed by atoms with Gasteiger partial charge in [0.15, 0.2) is 0 Å². The van der Waals surface area contributed by atoms with E-state index in [2.05, 4.69) is 4.98 Å². The van der Waals surface area contributed by atoms with Crippen LogP contribution in [-0.2, 0) is 12.8 Å². The number of rotatable bonds is 0. The molecule has 2 aromatic rings. The second-order valence-corrected chi connectivity index (χ2v) is 4.75. The number of benzene rings is 1. The first-order chi connectivity index (χ1) is 8.18. The van der Waals surface area contributed by atoms with E-state index in [-0.39, 0.29) is 5.82 Å². The summed E-state index contributed by atoms with van der Waals surface area (Å²) in [6.45, 7) is 1.95. The van der Waals surface area contributed by atoms with E-state index in [1.54, 1.807) is 6.07 Å². The van der Waals surface area contributed by atoms with Crippen LogP contribution in [-0.4, -0.2) is 4.98 Å². The van der Waals surface area contributed by atoms with Gasteiger partial charge in [-0.3, -0.25) is 4.98 Å². The fourth-order valence-corrected chi connectivity index (χ4v) is 2.66. The highest BCUT2D eigenvalue weighted by atomic mass is 19.1. The lowest BCUT2D eigenvalue weighted by atomic mass is 9.92. The summed E-state index contributed by atoms with van der Waals surface area (Å²) < 4.78 is 13.9. The molecule has 1 aliphatic carbocycles. The summed E-state index contributed by atoms with van der Waals surface area (Å²) in [5, 5.41) is 0.505. The largest absolute Gasteiger partial charge is 0.398 e. The number of halogens is 1. The molecule has 1 aromatic carbocycles. The summed E-state index contributed by atoms with van der Waals surface area (Å²) in [4.78, 5) is 4.62. The number of nitrogen functional groups attached to an aromatic ring is 1. The number of nitrogens with zero attached hydrogens (tertiary/aromatic N) is 1. The number of pyridine rings is 1. The first-order valence-corrected chi connectivity index (χ1v) is 6.04. The van der Waals surface area contributed by atoms with Gasteiger partial charge in [0.1, 0.15) is 5.82 Å². The lowest BCUT2D eigenvalue weighted by molar-refractivity contribution is 0.637. The fraction of sp³-hybridized carbons (Fsp3) is 0.357. The maximum atomic E-state index is 13.9. The van der Waals surface area contributed by atoms with Gasteiger partial charge in [-0.2, -0.15) is 0 Å². The monoisotopic (exact) mass is 230 g/mol. The summed E-state index contributed by atoms with van der Waals surface area (Å²) in [5.74, 6) is -0.260. The Hall–Kier alpha value is -1.64. The van der Waals surface area contributed by atoms with Crippen LogP contribution in [0.25, 0.3) is 10.9 Å². The van der Waals surface area contributed by atoms with E-state index in [9.17, 15) is 4.39 Å². The topological polar surface area (TPSA) is 38.9 Å². The molecule has 0 atom stereocenters. The van der Waals surface area contributed by atoms with Crippen molar-refractivity contribution in [1.29, 1.82) is 0 Å². The van der Waals surface area contributed by atoms with Crippen LogP contribution in [0.4, 0.5) is 10.1 Å². The van der Waals surface area contributed by atoms with E-state index >= 15 is 0 Å². The molecule has 0 spiro atoms. The minimum atomic E-state index is -0.260. The molecule has 0 radical (unpaired) electrons. The van der Waals surface area contributed by atoms with Crippen molar-refractivity contribution in [2.24, 2.45) is 0 Å². The van der Waals surface area contributed by atoms with Gasteiger partial charge in [-0.15, -0.1) is 0 Å². The Balaban J connectivity index is 2.44. The van der Waals surface area contributed by atoms with Crippen LogP contribution in [0.5, 0.6) is 0 Å². The molecular formula is C14H15FN2. The van der Waals surface area contributed by atoms with Crippen molar-refractivity contribution in [2.45, 2.75) is 32.6 Å². The molecule has 1 aliphatic rings. The van der Waals surface area contributed by atoms with Gasteiger partial charge in [-0.1, -0.05) is 6.07 Å². The Morgan fingerprint density at radius 3 is 2.82 bits per heavy atom. The maximum absolute atomic E-state index is 13.9. The van der Waals surface area contributed by atoms with Gasteiger partial charge in [0.05, 0.1) is 10.9 Å². The number of hydrogen-bond acceptors (Lipinski definition) is 2. The zero-order chi connectivity index (χ0) is 12.0. The molecule has 0 bridgehead atoms. The van der Waals surface area contributed by atoms with Crippen LogP contribution in [0, 0.1) is 12.7 Å².